The lowest BCUT2D eigenvalue weighted by Gasteiger charge is -2.46. The quantitative estimate of drug-likeness (QED) is 0.168. The van der Waals surface area contributed by atoms with Crippen molar-refractivity contribution < 1.29 is 39.4 Å². The van der Waals surface area contributed by atoms with Gasteiger partial charge in [-0.1, -0.05) is 27.7 Å². The Morgan fingerprint density at radius 3 is 0.818 bits per heavy atom. The molecule has 4 rings (SSSR count). The first-order valence-corrected chi connectivity index (χ1v) is 18.0. The molecule has 4 aliphatic carbocycles. The number of aliphatic hydroxyl groups excluding tert-OH is 4. The molecule has 260 valence electrons. The van der Waals surface area contributed by atoms with Crippen molar-refractivity contribution in [2.45, 2.75) is 155 Å². The average Bonchev–Trinajstić information content (AvgIpc) is 3.04. The van der Waals surface area contributed by atoms with Crippen molar-refractivity contribution in [1.29, 1.82) is 0 Å². The lowest BCUT2D eigenvalue weighted by Crippen LogP contribution is -2.39. The molecule has 4 N–H and O–H groups in total. The molecular formula is C36H68O8. The van der Waals surface area contributed by atoms with Gasteiger partial charge in [-0.2, -0.15) is 0 Å². The molecular weight excluding hydrogens is 560 g/mol. The van der Waals surface area contributed by atoms with E-state index in [2.05, 4.69) is 27.7 Å². The molecule has 0 radical (unpaired) electrons. The Morgan fingerprint density at radius 2 is 0.614 bits per heavy atom. The third-order valence-corrected chi connectivity index (χ3v) is 12.4. The highest BCUT2D eigenvalue weighted by Gasteiger charge is 2.42. The highest BCUT2D eigenvalue weighted by Crippen LogP contribution is 2.50. The Bertz CT molecular complexity index is 670. The van der Waals surface area contributed by atoms with Crippen LogP contribution >= 0.6 is 0 Å². The van der Waals surface area contributed by atoms with Crippen LogP contribution in [0.1, 0.15) is 130 Å². The van der Waals surface area contributed by atoms with Crippen LogP contribution in [0.25, 0.3) is 0 Å². The second kappa shape index (κ2) is 19.5. The van der Waals surface area contributed by atoms with Crippen LogP contribution in [0.4, 0.5) is 0 Å². The van der Waals surface area contributed by atoms with Gasteiger partial charge in [-0.15, -0.1) is 0 Å². The average molecular weight is 629 g/mol. The van der Waals surface area contributed by atoms with E-state index in [9.17, 15) is 0 Å². The Labute approximate surface area is 268 Å². The fraction of sp³-hybridized carbons (Fsp3) is 1.00. The highest BCUT2D eigenvalue weighted by atomic mass is 16.6. The van der Waals surface area contributed by atoms with Crippen molar-refractivity contribution in [1.82, 2.24) is 0 Å². The first kappa shape index (κ1) is 38.1. The molecule has 0 saturated heterocycles. The minimum Gasteiger partial charge on any atom is -0.394 e. The van der Waals surface area contributed by atoms with Gasteiger partial charge in [0.15, 0.2) is 0 Å². The Hall–Kier alpha value is -0.320. The summed E-state index contributed by atoms with van der Waals surface area (Å²) in [5.74, 6) is 3.10. The van der Waals surface area contributed by atoms with Crippen molar-refractivity contribution in [3.8, 4) is 0 Å². The Kier molecular flexibility index (Phi) is 16.9. The van der Waals surface area contributed by atoms with Gasteiger partial charge in [0.05, 0.1) is 50.8 Å². The number of hydrogen-bond acceptors (Lipinski definition) is 8. The molecule has 0 unspecified atom stereocenters. The van der Waals surface area contributed by atoms with Gasteiger partial charge >= 0.3 is 0 Å². The molecule has 0 aromatic rings. The van der Waals surface area contributed by atoms with E-state index in [1.165, 1.54) is 51.4 Å². The van der Waals surface area contributed by atoms with Gasteiger partial charge in [-0.05, 0) is 137 Å². The number of aliphatic hydroxyl groups is 4. The maximum Gasteiger partial charge on any atom is 0.143 e. The SMILES string of the molecule is CC(C)(C1CCC(OCCO)CC1)C1CCC(OCCO)CC1.CC(C)(C1CCC(OCO)CC1)C1CCC(OCO)CC1. The molecule has 0 aromatic carbocycles. The van der Waals surface area contributed by atoms with Crippen LogP contribution in [-0.4, -0.2) is 84.9 Å². The van der Waals surface area contributed by atoms with E-state index in [1.54, 1.807) is 0 Å². The number of hydrogen-bond donors (Lipinski definition) is 4. The Morgan fingerprint density at radius 1 is 0.386 bits per heavy atom. The summed E-state index contributed by atoms with van der Waals surface area (Å²) in [6.45, 7) is 10.7. The summed E-state index contributed by atoms with van der Waals surface area (Å²) in [5.41, 5.74) is 0.762. The minimum absolute atomic E-state index is 0.132. The van der Waals surface area contributed by atoms with Gasteiger partial charge < -0.3 is 39.4 Å². The summed E-state index contributed by atoms with van der Waals surface area (Å²) in [6, 6.07) is 0. The van der Waals surface area contributed by atoms with E-state index in [-0.39, 0.29) is 39.0 Å². The first-order chi connectivity index (χ1) is 21.1. The maximum atomic E-state index is 8.87. The standard InChI is InChI=1S/C19H36O4.C17H32O4/c1-19(2,15-3-7-17(8-4-15)22-13-11-20)16-5-9-18(10-6-16)23-14-12-21;1-17(2,13-3-7-15(8-4-13)20-11-18)14-5-9-16(10-6-14)21-12-19/h15-18,20-21H,3-14H2,1-2H3;13-16,18-19H,3-12H2,1-2H3. The van der Waals surface area contributed by atoms with Crippen molar-refractivity contribution in [2.75, 3.05) is 40.0 Å². The van der Waals surface area contributed by atoms with Gasteiger partial charge in [-0.25, -0.2) is 0 Å². The van der Waals surface area contributed by atoms with E-state index in [0.717, 1.165) is 75.0 Å². The molecule has 4 saturated carbocycles. The third kappa shape index (κ3) is 11.4. The topological polar surface area (TPSA) is 118 Å². The summed E-state index contributed by atoms with van der Waals surface area (Å²) >= 11 is 0. The normalized spacial score (nSPS) is 33.8. The molecule has 0 aliphatic heterocycles. The lowest BCUT2D eigenvalue weighted by atomic mass is 9.60. The zero-order valence-corrected chi connectivity index (χ0v) is 28.6. The molecule has 0 amide bonds. The van der Waals surface area contributed by atoms with Crippen LogP contribution < -0.4 is 0 Å². The van der Waals surface area contributed by atoms with E-state index < -0.39 is 0 Å². The largest absolute Gasteiger partial charge is 0.394 e. The van der Waals surface area contributed by atoms with E-state index in [4.69, 9.17) is 39.4 Å². The summed E-state index contributed by atoms with van der Waals surface area (Å²) in [7, 11) is 0. The molecule has 0 spiro atoms. The van der Waals surface area contributed by atoms with Crippen molar-refractivity contribution in [2.24, 2.45) is 34.5 Å². The molecule has 4 aliphatic rings. The van der Waals surface area contributed by atoms with Crippen LogP contribution in [-0.2, 0) is 18.9 Å². The third-order valence-electron chi connectivity index (χ3n) is 12.4. The van der Waals surface area contributed by atoms with Gasteiger partial charge in [-0.3, -0.25) is 0 Å². The van der Waals surface area contributed by atoms with Crippen LogP contribution in [0.5, 0.6) is 0 Å². The molecule has 4 fully saturated rings. The molecule has 8 nitrogen and oxygen atoms in total. The highest BCUT2D eigenvalue weighted by molar-refractivity contribution is 4.92. The smallest absolute Gasteiger partial charge is 0.143 e. The lowest BCUT2D eigenvalue weighted by molar-refractivity contribution is -0.0885. The Balaban J connectivity index is 0.000000241. The molecule has 0 atom stereocenters. The van der Waals surface area contributed by atoms with E-state index >= 15 is 0 Å². The molecule has 0 heterocycles. The predicted molar refractivity (Wildman–Crippen MR) is 173 cm³/mol. The van der Waals surface area contributed by atoms with Gasteiger partial charge in [0.1, 0.15) is 13.6 Å². The monoisotopic (exact) mass is 628 g/mol. The summed E-state index contributed by atoms with van der Waals surface area (Å²) < 4.78 is 22.1. The summed E-state index contributed by atoms with van der Waals surface area (Å²) in [6.07, 6.45) is 20.0. The minimum atomic E-state index is -0.145. The molecule has 0 bridgehead atoms. The van der Waals surface area contributed by atoms with Gasteiger partial charge in [0.2, 0.25) is 0 Å². The number of ether oxygens (including phenoxy) is 4. The molecule has 0 aromatic heterocycles. The van der Waals surface area contributed by atoms with Crippen LogP contribution in [0.3, 0.4) is 0 Å². The summed E-state index contributed by atoms with van der Waals surface area (Å²) in [5, 5.41) is 35.5. The second-order valence-electron chi connectivity index (χ2n) is 15.3. The van der Waals surface area contributed by atoms with Gasteiger partial charge in [0.25, 0.3) is 0 Å². The second-order valence-corrected chi connectivity index (χ2v) is 15.3. The zero-order valence-electron chi connectivity index (χ0n) is 28.6. The molecule has 44 heavy (non-hydrogen) atoms. The van der Waals surface area contributed by atoms with Crippen LogP contribution in [0.2, 0.25) is 0 Å². The zero-order chi connectivity index (χ0) is 32.0. The maximum absolute atomic E-state index is 8.87. The number of rotatable bonds is 14. The summed E-state index contributed by atoms with van der Waals surface area (Å²) in [4.78, 5) is 0. The van der Waals surface area contributed by atoms with Crippen molar-refractivity contribution in [3.63, 3.8) is 0 Å². The van der Waals surface area contributed by atoms with Gasteiger partial charge in [0, 0.05) is 0 Å². The fourth-order valence-corrected chi connectivity index (χ4v) is 9.21. The van der Waals surface area contributed by atoms with E-state index in [0.29, 0.717) is 36.3 Å². The van der Waals surface area contributed by atoms with Crippen molar-refractivity contribution >= 4 is 0 Å². The van der Waals surface area contributed by atoms with Crippen molar-refractivity contribution in [3.05, 3.63) is 0 Å². The predicted octanol–water partition coefficient (Wildman–Crippen LogP) is 6.21. The fourth-order valence-electron chi connectivity index (χ4n) is 9.21. The molecule has 8 heteroatoms. The van der Waals surface area contributed by atoms with Crippen LogP contribution in [0.15, 0.2) is 0 Å². The first-order valence-electron chi connectivity index (χ1n) is 18.0. The van der Waals surface area contributed by atoms with Crippen LogP contribution in [0, 0.1) is 34.5 Å². The van der Waals surface area contributed by atoms with E-state index in [1.807, 2.05) is 0 Å².